The van der Waals surface area contributed by atoms with Crippen LogP contribution in [0.5, 0.6) is 0 Å². The van der Waals surface area contributed by atoms with Gasteiger partial charge in [-0.15, -0.1) is 11.3 Å². The van der Waals surface area contributed by atoms with E-state index in [1.807, 2.05) is 0 Å². The van der Waals surface area contributed by atoms with E-state index in [-0.39, 0.29) is 18.3 Å². The van der Waals surface area contributed by atoms with Gasteiger partial charge in [0.2, 0.25) is 0 Å². The van der Waals surface area contributed by atoms with Gasteiger partial charge in [0.05, 0.1) is 22.1 Å². The second-order valence-corrected chi connectivity index (χ2v) is 7.52. The molecule has 1 amide bonds. The molecule has 0 aliphatic heterocycles. The molecule has 0 aliphatic carbocycles. The molecule has 7 heteroatoms. The van der Waals surface area contributed by atoms with Crippen LogP contribution in [0, 0.1) is 11.8 Å². The van der Waals surface area contributed by atoms with Crippen LogP contribution in [0.25, 0.3) is 0 Å². The van der Waals surface area contributed by atoms with Gasteiger partial charge in [0.1, 0.15) is 9.84 Å². The minimum absolute atomic E-state index is 0.0199. The van der Waals surface area contributed by atoms with Gasteiger partial charge in [-0.1, -0.05) is 11.8 Å². The van der Waals surface area contributed by atoms with Crippen molar-refractivity contribution in [1.82, 2.24) is 5.32 Å². The number of amides is 1. The van der Waals surface area contributed by atoms with Crippen LogP contribution in [-0.4, -0.2) is 44.6 Å². The average Bonchev–Trinajstić information content (AvgIpc) is 2.82. The Hall–Kier alpha value is -1.36. The molecule has 1 heterocycles. The van der Waals surface area contributed by atoms with Crippen LogP contribution in [0.1, 0.15) is 27.4 Å². The normalized spacial score (nSPS) is 10.7. The Morgan fingerprint density at radius 3 is 2.85 bits per heavy atom. The monoisotopic (exact) mass is 315 g/mol. The first-order chi connectivity index (χ1) is 9.42. The number of hydrogen-bond donors (Lipinski definition) is 2. The fraction of sp³-hybridized carbons (Fsp3) is 0.462. The van der Waals surface area contributed by atoms with E-state index < -0.39 is 9.84 Å². The maximum atomic E-state index is 11.8. The SMILES string of the molecule is CS(=O)(=O)CCCNC(=O)c1ccc(C#CCCO)s1. The van der Waals surface area contributed by atoms with Crippen molar-refractivity contribution >= 4 is 27.1 Å². The van der Waals surface area contributed by atoms with Gasteiger partial charge in [-0.05, 0) is 18.6 Å². The summed E-state index contributed by atoms with van der Waals surface area (Å²) >= 11 is 1.27. The van der Waals surface area contributed by atoms with E-state index >= 15 is 0 Å². The van der Waals surface area contributed by atoms with Gasteiger partial charge in [-0.3, -0.25) is 4.79 Å². The standard InChI is InChI=1S/C13H17NO4S2/c1-20(17,18)10-4-8-14-13(16)12-7-6-11(19-12)5-2-3-9-15/h6-7,15H,3-4,8-10H2,1H3,(H,14,16). The van der Waals surface area contributed by atoms with Crippen molar-refractivity contribution in [2.45, 2.75) is 12.8 Å². The van der Waals surface area contributed by atoms with E-state index in [1.165, 1.54) is 17.6 Å². The Morgan fingerprint density at radius 1 is 1.45 bits per heavy atom. The van der Waals surface area contributed by atoms with Crippen LogP contribution >= 0.6 is 11.3 Å². The van der Waals surface area contributed by atoms with Crippen LogP contribution in [0.2, 0.25) is 0 Å². The first-order valence-electron chi connectivity index (χ1n) is 6.08. The zero-order valence-electron chi connectivity index (χ0n) is 11.2. The van der Waals surface area contributed by atoms with Gasteiger partial charge < -0.3 is 10.4 Å². The number of carbonyl (C=O) groups is 1. The second kappa shape index (κ2) is 8.04. The van der Waals surface area contributed by atoms with Gasteiger partial charge in [-0.25, -0.2) is 8.42 Å². The molecule has 0 bridgehead atoms. The van der Waals surface area contributed by atoms with Gasteiger partial charge in [-0.2, -0.15) is 0 Å². The van der Waals surface area contributed by atoms with E-state index in [0.29, 0.717) is 24.3 Å². The number of aliphatic hydroxyl groups excluding tert-OH is 1. The molecule has 2 N–H and O–H groups in total. The van der Waals surface area contributed by atoms with Gasteiger partial charge in [0, 0.05) is 19.2 Å². The molecule has 1 aromatic heterocycles. The number of aliphatic hydroxyl groups is 1. The summed E-state index contributed by atoms with van der Waals surface area (Å²) in [6.45, 7) is 0.349. The first-order valence-corrected chi connectivity index (χ1v) is 8.95. The quantitative estimate of drug-likeness (QED) is 0.596. The number of hydrogen-bond acceptors (Lipinski definition) is 5. The Balaban J connectivity index is 2.43. The maximum absolute atomic E-state index is 11.8. The summed E-state index contributed by atoms with van der Waals surface area (Å²) in [4.78, 5) is 13.1. The highest BCUT2D eigenvalue weighted by atomic mass is 32.2. The highest BCUT2D eigenvalue weighted by molar-refractivity contribution is 7.90. The summed E-state index contributed by atoms with van der Waals surface area (Å²) in [5, 5.41) is 11.3. The Morgan fingerprint density at radius 2 is 2.20 bits per heavy atom. The minimum Gasteiger partial charge on any atom is -0.395 e. The Kier molecular flexibility index (Phi) is 6.71. The van der Waals surface area contributed by atoms with Crippen molar-refractivity contribution < 1.29 is 18.3 Å². The highest BCUT2D eigenvalue weighted by Crippen LogP contribution is 2.15. The molecule has 0 aromatic carbocycles. The van der Waals surface area contributed by atoms with Crippen molar-refractivity contribution in [3.8, 4) is 11.8 Å². The molecular formula is C13H17NO4S2. The molecule has 110 valence electrons. The predicted molar refractivity (Wildman–Crippen MR) is 79.6 cm³/mol. The minimum atomic E-state index is -2.98. The number of nitrogens with one attached hydrogen (secondary N) is 1. The molecule has 5 nitrogen and oxygen atoms in total. The second-order valence-electron chi connectivity index (χ2n) is 4.18. The lowest BCUT2D eigenvalue weighted by molar-refractivity contribution is 0.0957. The molecule has 0 aliphatic rings. The zero-order valence-corrected chi connectivity index (χ0v) is 12.8. The van der Waals surface area contributed by atoms with Crippen molar-refractivity contribution in [1.29, 1.82) is 0 Å². The Labute approximate surface area is 122 Å². The van der Waals surface area contributed by atoms with Crippen molar-refractivity contribution in [2.75, 3.05) is 25.2 Å². The fourth-order valence-corrected chi connectivity index (χ4v) is 2.82. The van der Waals surface area contributed by atoms with Crippen LogP contribution in [0.15, 0.2) is 12.1 Å². The summed E-state index contributed by atoms with van der Waals surface area (Å²) < 4.78 is 21.9. The lowest BCUT2D eigenvalue weighted by atomic mass is 10.3. The molecule has 1 aromatic rings. The van der Waals surface area contributed by atoms with E-state index in [9.17, 15) is 13.2 Å². The van der Waals surface area contributed by atoms with Crippen LogP contribution in [-0.2, 0) is 9.84 Å². The largest absolute Gasteiger partial charge is 0.395 e. The number of carbonyl (C=O) groups excluding carboxylic acids is 1. The molecule has 0 radical (unpaired) electrons. The molecule has 0 unspecified atom stereocenters. The molecule has 0 fully saturated rings. The third-order valence-corrected chi connectivity index (χ3v) is 4.29. The lowest BCUT2D eigenvalue weighted by Gasteiger charge is -2.02. The van der Waals surface area contributed by atoms with Gasteiger partial charge >= 0.3 is 0 Å². The fourth-order valence-electron chi connectivity index (χ4n) is 1.36. The molecule has 0 saturated heterocycles. The van der Waals surface area contributed by atoms with Crippen LogP contribution in [0.4, 0.5) is 0 Å². The van der Waals surface area contributed by atoms with E-state index in [0.717, 1.165) is 4.88 Å². The smallest absolute Gasteiger partial charge is 0.261 e. The summed E-state index contributed by atoms with van der Waals surface area (Å²) in [5.41, 5.74) is 0. The maximum Gasteiger partial charge on any atom is 0.261 e. The van der Waals surface area contributed by atoms with E-state index in [1.54, 1.807) is 12.1 Å². The van der Waals surface area contributed by atoms with Gasteiger partial charge in [0.15, 0.2) is 0 Å². The van der Waals surface area contributed by atoms with Crippen LogP contribution in [0.3, 0.4) is 0 Å². The van der Waals surface area contributed by atoms with Crippen molar-refractivity contribution in [3.05, 3.63) is 21.9 Å². The molecule has 0 spiro atoms. The highest BCUT2D eigenvalue weighted by Gasteiger charge is 2.08. The zero-order chi connectivity index (χ0) is 15.0. The Bertz CT molecular complexity index is 608. The molecular weight excluding hydrogens is 298 g/mol. The molecule has 1 rings (SSSR count). The van der Waals surface area contributed by atoms with Crippen LogP contribution < -0.4 is 5.32 Å². The first kappa shape index (κ1) is 16.7. The summed E-state index contributed by atoms with van der Waals surface area (Å²) in [7, 11) is -2.98. The average molecular weight is 315 g/mol. The third kappa shape index (κ3) is 6.70. The van der Waals surface area contributed by atoms with E-state index in [4.69, 9.17) is 5.11 Å². The third-order valence-electron chi connectivity index (χ3n) is 2.26. The van der Waals surface area contributed by atoms with Crippen molar-refractivity contribution in [2.24, 2.45) is 0 Å². The summed E-state index contributed by atoms with van der Waals surface area (Å²) in [5.74, 6) is 5.48. The van der Waals surface area contributed by atoms with Crippen molar-refractivity contribution in [3.63, 3.8) is 0 Å². The summed E-state index contributed by atoms with van der Waals surface area (Å²) in [6.07, 6.45) is 1.98. The van der Waals surface area contributed by atoms with Gasteiger partial charge in [0.25, 0.3) is 5.91 Å². The predicted octanol–water partition coefficient (Wildman–Crippen LogP) is 0.647. The lowest BCUT2D eigenvalue weighted by Crippen LogP contribution is -2.25. The molecule has 0 saturated carbocycles. The summed E-state index contributed by atoms with van der Waals surface area (Å²) in [6, 6.07) is 3.43. The topological polar surface area (TPSA) is 83.5 Å². The number of thiophene rings is 1. The number of rotatable bonds is 6. The number of sulfone groups is 1. The van der Waals surface area contributed by atoms with E-state index in [2.05, 4.69) is 17.2 Å². The molecule has 0 atom stereocenters. The molecule has 20 heavy (non-hydrogen) atoms.